The average Bonchev–Trinajstić information content (AvgIpc) is 2.36. The number of aliphatic carboxylic acids is 1. The van der Waals surface area contributed by atoms with Gasteiger partial charge in [-0.15, -0.1) is 0 Å². The standard InChI is InChI=1S/C14H20N2O3/c1-9(2)13(14(18)19)16-12(17)8-11(15)10-6-4-3-5-7-10/h3-7,9,11,13H,8,15H2,1-2H3,(H,16,17)(H,18,19)/t11?,13-/m0/s1. The highest BCUT2D eigenvalue weighted by molar-refractivity contribution is 5.84. The molecule has 2 atom stereocenters. The van der Waals surface area contributed by atoms with Crippen molar-refractivity contribution in [2.24, 2.45) is 11.7 Å². The topological polar surface area (TPSA) is 92.4 Å². The molecular weight excluding hydrogens is 244 g/mol. The summed E-state index contributed by atoms with van der Waals surface area (Å²) < 4.78 is 0. The minimum Gasteiger partial charge on any atom is -0.480 e. The molecule has 0 saturated carbocycles. The molecular formula is C14H20N2O3. The van der Waals surface area contributed by atoms with Gasteiger partial charge >= 0.3 is 5.97 Å². The van der Waals surface area contributed by atoms with E-state index in [0.29, 0.717) is 0 Å². The van der Waals surface area contributed by atoms with E-state index in [1.54, 1.807) is 13.8 Å². The Labute approximate surface area is 112 Å². The Balaban J connectivity index is 2.58. The lowest BCUT2D eigenvalue weighted by Gasteiger charge is -2.19. The summed E-state index contributed by atoms with van der Waals surface area (Å²) in [5.41, 5.74) is 6.77. The van der Waals surface area contributed by atoms with E-state index in [-0.39, 0.29) is 18.2 Å². The second-order valence-electron chi connectivity index (χ2n) is 4.85. The third-order valence-electron chi connectivity index (χ3n) is 2.88. The van der Waals surface area contributed by atoms with Gasteiger partial charge in [0.05, 0.1) is 0 Å². The predicted octanol–water partition coefficient (Wildman–Crippen LogP) is 1.30. The highest BCUT2D eigenvalue weighted by Crippen LogP contribution is 2.13. The van der Waals surface area contributed by atoms with Crippen LogP contribution < -0.4 is 11.1 Å². The number of carbonyl (C=O) groups is 2. The summed E-state index contributed by atoms with van der Waals surface area (Å²) in [5, 5.41) is 11.5. The molecule has 0 bridgehead atoms. The van der Waals surface area contributed by atoms with Crippen LogP contribution in [0, 0.1) is 5.92 Å². The maximum Gasteiger partial charge on any atom is 0.326 e. The molecule has 0 aliphatic rings. The van der Waals surface area contributed by atoms with Gasteiger partial charge in [0.1, 0.15) is 6.04 Å². The summed E-state index contributed by atoms with van der Waals surface area (Å²) in [6.07, 6.45) is 0.0700. The van der Waals surface area contributed by atoms with E-state index in [0.717, 1.165) is 5.56 Å². The van der Waals surface area contributed by atoms with Crippen LogP contribution in [0.25, 0.3) is 0 Å². The number of carboxylic acids is 1. The molecule has 1 unspecified atom stereocenters. The summed E-state index contributed by atoms with van der Waals surface area (Å²) in [4.78, 5) is 22.8. The van der Waals surface area contributed by atoms with Crippen molar-refractivity contribution in [3.8, 4) is 0 Å². The van der Waals surface area contributed by atoms with E-state index in [1.165, 1.54) is 0 Å². The fourth-order valence-corrected chi connectivity index (χ4v) is 1.76. The van der Waals surface area contributed by atoms with Crippen molar-refractivity contribution < 1.29 is 14.7 Å². The van der Waals surface area contributed by atoms with Gasteiger partial charge in [-0.1, -0.05) is 44.2 Å². The van der Waals surface area contributed by atoms with Crippen LogP contribution in [0.1, 0.15) is 31.9 Å². The number of carbonyl (C=O) groups excluding carboxylic acids is 1. The number of rotatable bonds is 6. The molecule has 0 spiro atoms. The quantitative estimate of drug-likeness (QED) is 0.722. The van der Waals surface area contributed by atoms with Gasteiger partial charge in [0.2, 0.25) is 5.91 Å². The molecule has 4 N–H and O–H groups in total. The summed E-state index contributed by atoms with van der Waals surface area (Å²) in [7, 11) is 0. The van der Waals surface area contributed by atoms with Gasteiger partial charge in [0.25, 0.3) is 0 Å². The van der Waals surface area contributed by atoms with Crippen LogP contribution in [0.4, 0.5) is 0 Å². The van der Waals surface area contributed by atoms with Crippen molar-refractivity contribution in [3.63, 3.8) is 0 Å². The molecule has 0 aliphatic heterocycles. The first-order valence-electron chi connectivity index (χ1n) is 6.24. The second kappa shape index (κ2) is 6.89. The van der Waals surface area contributed by atoms with E-state index in [9.17, 15) is 9.59 Å². The van der Waals surface area contributed by atoms with Gasteiger partial charge in [0.15, 0.2) is 0 Å². The van der Waals surface area contributed by atoms with Crippen LogP contribution >= 0.6 is 0 Å². The smallest absolute Gasteiger partial charge is 0.326 e. The molecule has 0 fully saturated rings. The van der Waals surface area contributed by atoms with Gasteiger partial charge < -0.3 is 16.2 Å². The monoisotopic (exact) mass is 264 g/mol. The molecule has 104 valence electrons. The zero-order valence-corrected chi connectivity index (χ0v) is 11.2. The molecule has 0 heterocycles. The molecule has 1 aromatic carbocycles. The highest BCUT2D eigenvalue weighted by Gasteiger charge is 2.24. The fraction of sp³-hybridized carbons (Fsp3) is 0.429. The first-order valence-corrected chi connectivity index (χ1v) is 6.24. The molecule has 0 saturated heterocycles. The summed E-state index contributed by atoms with van der Waals surface area (Å²) in [5.74, 6) is -1.55. The maximum atomic E-state index is 11.8. The van der Waals surface area contributed by atoms with E-state index >= 15 is 0 Å². The lowest BCUT2D eigenvalue weighted by Crippen LogP contribution is -2.45. The largest absolute Gasteiger partial charge is 0.480 e. The van der Waals surface area contributed by atoms with Crippen LogP contribution in [0.15, 0.2) is 30.3 Å². The first kappa shape index (κ1) is 15.2. The molecule has 5 nitrogen and oxygen atoms in total. The first-order chi connectivity index (χ1) is 8.91. The number of hydrogen-bond donors (Lipinski definition) is 3. The number of nitrogens with one attached hydrogen (secondary N) is 1. The second-order valence-corrected chi connectivity index (χ2v) is 4.85. The predicted molar refractivity (Wildman–Crippen MR) is 72.4 cm³/mol. The van der Waals surface area contributed by atoms with E-state index in [1.807, 2.05) is 30.3 Å². The van der Waals surface area contributed by atoms with Crippen LogP contribution in [0.5, 0.6) is 0 Å². The number of hydrogen-bond acceptors (Lipinski definition) is 3. The molecule has 1 aromatic rings. The summed E-state index contributed by atoms with van der Waals surface area (Å²) >= 11 is 0. The Morgan fingerprint density at radius 1 is 1.26 bits per heavy atom. The minimum absolute atomic E-state index is 0.0700. The average molecular weight is 264 g/mol. The Hall–Kier alpha value is -1.88. The number of nitrogens with two attached hydrogens (primary N) is 1. The number of amides is 1. The molecule has 0 aliphatic carbocycles. The van der Waals surface area contributed by atoms with Crippen molar-refractivity contribution >= 4 is 11.9 Å². The highest BCUT2D eigenvalue weighted by atomic mass is 16.4. The van der Waals surface area contributed by atoms with Crippen LogP contribution in [0.2, 0.25) is 0 Å². The third kappa shape index (κ3) is 4.71. The normalized spacial score (nSPS) is 13.9. The Morgan fingerprint density at radius 2 is 1.84 bits per heavy atom. The SMILES string of the molecule is CC(C)[C@H](NC(=O)CC(N)c1ccccc1)C(=O)O. The Bertz CT molecular complexity index is 432. The molecule has 0 radical (unpaired) electrons. The Morgan fingerprint density at radius 3 is 2.32 bits per heavy atom. The van der Waals surface area contributed by atoms with Crippen molar-refractivity contribution in [2.45, 2.75) is 32.4 Å². The van der Waals surface area contributed by atoms with Gasteiger partial charge in [0, 0.05) is 12.5 Å². The van der Waals surface area contributed by atoms with E-state index in [2.05, 4.69) is 5.32 Å². The minimum atomic E-state index is -1.03. The van der Waals surface area contributed by atoms with Crippen molar-refractivity contribution in [1.29, 1.82) is 0 Å². The van der Waals surface area contributed by atoms with Gasteiger partial charge in [-0.2, -0.15) is 0 Å². The molecule has 5 heteroatoms. The summed E-state index contributed by atoms with van der Waals surface area (Å²) in [6.45, 7) is 3.49. The van der Waals surface area contributed by atoms with Gasteiger partial charge in [-0.05, 0) is 11.5 Å². The van der Waals surface area contributed by atoms with Crippen LogP contribution in [-0.4, -0.2) is 23.0 Å². The molecule has 0 aromatic heterocycles. The van der Waals surface area contributed by atoms with Crippen LogP contribution in [-0.2, 0) is 9.59 Å². The fourth-order valence-electron chi connectivity index (χ4n) is 1.76. The zero-order chi connectivity index (χ0) is 14.4. The number of benzene rings is 1. The maximum absolute atomic E-state index is 11.8. The molecule has 1 rings (SSSR count). The lowest BCUT2D eigenvalue weighted by molar-refractivity contribution is -0.143. The van der Waals surface area contributed by atoms with Crippen molar-refractivity contribution in [2.75, 3.05) is 0 Å². The lowest BCUT2D eigenvalue weighted by atomic mass is 10.0. The molecule has 19 heavy (non-hydrogen) atoms. The van der Waals surface area contributed by atoms with Gasteiger partial charge in [-0.25, -0.2) is 4.79 Å². The molecule has 1 amide bonds. The third-order valence-corrected chi connectivity index (χ3v) is 2.88. The van der Waals surface area contributed by atoms with Crippen molar-refractivity contribution in [1.82, 2.24) is 5.32 Å². The Kier molecular flexibility index (Phi) is 5.51. The van der Waals surface area contributed by atoms with E-state index in [4.69, 9.17) is 10.8 Å². The summed E-state index contributed by atoms with van der Waals surface area (Å²) in [6, 6.07) is 7.95. The van der Waals surface area contributed by atoms with Crippen molar-refractivity contribution in [3.05, 3.63) is 35.9 Å². The zero-order valence-electron chi connectivity index (χ0n) is 11.2. The van der Waals surface area contributed by atoms with E-state index < -0.39 is 18.1 Å². The van der Waals surface area contributed by atoms with Gasteiger partial charge in [-0.3, -0.25) is 4.79 Å². The van der Waals surface area contributed by atoms with Crippen LogP contribution in [0.3, 0.4) is 0 Å². The number of carboxylic acid groups (broad SMARTS) is 1.